The predicted octanol–water partition coefficient (Wildman–Crippen LogP) is 4.93. The van der Waals surface area contributed by atoms with Gasteiger partial charge in [-0.15, -0.1) is 0 Å². The molecular formula is C21H24N2O2S. The molecule has 1 aromatic carbocycles. The first-order valence-corrected chi connectivity index (χ1v) is 9.75. The molecule has 0 saturated carbocycles. The van der Waals surface area contributed by atoms with Crippen molar-refractivity contribution in [2.45, 2.75) is 45.9 Å². The van der Waals surface area contributed by atoms with Gasteiger partial charge in [-0.3, -0.25) is 4.79 Å². The van der Waals surface area contributed by atoms with Crippen molar-refractivity contribution >= 4 is 17.5 Å². The smallest absolute Gasteiger partial charge is 0.256 e. The quantitative estimate of drug-likeness (QED) is 0.438. The lowest BCUT2D eigenvalue weighted by Gasteiger charge is -2.10. The van der Waals surface area contributed by atoms with Crippen molar-refractivity contribution in [2.75, 3.05) is 5.75 Å². The van der Waals surface area contributed by atoms with E-state index in [4.69, 9.17) is 4.42 Å². The fraction of sp³-hybridized carbons (Fsp3) is 0.333. The van der Waals surface area contributed by atoms with Crippen molar-refractivity contribution in [1.82, 2.24) is 9.55 Å². The van der Waals surface area contributed by atoms with Crippen molar-refractivity contribution in [3.63, 3.8) is 0 Å². The van der Waals surface area contributed by atoms with Gasteiger partial charge < -0.3 is 8.98 Å². The normalized spacial score (nSPS) is 11.1. The van der Waals surface area contributed by atoms with Crippen LogP contribution in [0.15, 0.2) is 46.0 Å². The maximum Gasteiger partial charge on any atom is 0.256 e. The van der Waals surface area contributed by atoms with Crippen LogP contribution in [0.1, 0.15) is 38.8 Å². The van der Waals surface area contributed by atoms with E-state index in [0.29, 0.717) is 11.0 Å². The number of aryl methyl sites for hydroxylation is 4. The SMILES string of the molecule is Cc1nc(SCC(=O)c2cc(C)n(CCc3ccccc3)c2C)oc1C. The molecule has 0 saturated heterocycles. The van der Waals surface area contributed by atoms with Crippen LogP contribution < -0.4 is 0 Å². The van der Waals surface area contributed by atoms with Gasteiger partial charge >= 0.3 is 0 Å². The largest absolute Gasteiger partial charge is 0.437 e. The second-order valence-corrected chi connectivity index (χ2v) is 7.43. The van der Waals surface area contributed by atoms with E-state index >= 15 is 0 Å². The van der Waals surface area contributed by atoms with Gasteiger partial charge in [-0.2, -0.15) is 0 Å². The molecule has 0 aliphatic carbocycles. The third-order valence-corrected chi connectivity index (χ3v) is 5.50. The maximum absolute atomic E-state index is 12.7. The van der Waals surface area contributed by atoms with Gasteiger partial charge in [0, 0.05) is 23.5 Å². The number of carbonyl (C=O) groups is 1. The summed E-state index contributed by atoms with van der Waals surface area (Å²) in [4.78, 5) is 17.0. The highest BCUT2D eigenvalue weighted by molar-refractivity contribution is 7.99. The lowest BCUT2D eigenvalue weighted by Crippen LogP contribution is -2.08. The van der Waals surface area contributed by atoms with Crippen LogP contribution in [0.4, 0.5) is 0 Å². The van der Waals surface area contributed by atoms with Crippen LogP contribution in [0.25, 0.3) is 0 Å². The average molecular weight is 369 g/mol. The fourth-order valence-corrected chi connectivity index (χ4v) is 3.82. The molecule has 26 heavy (non-hydrogen) atoms. The summed E-state index contributed by atoms with van der Waals surface area (Å²) in [6.07, 6.45) is 0.953. The fourth-order valence-electron chi connectivity index (χ4n) is 3.02. The first-order chi connectivity index (χ1) is 12.5. The second-order valence-electron chi connectivity index (χ2n) is 6.51. The minimum Gasteiger partial charge on any atom is -0.437 e. The molecule has 2 aromatic heterocycles. The number of thioether (sulfide) groups is 1. The standard InChI is InChI=1S/C21H24N2O2S/c1-14-12-19(20(24)13-26-21-22-15(2)17(4)25-21)16(3)23(14)11-10-18-8-6-5-7-9-18/h5-9,12H,10-11,13H2,1-4H3. The minimum atomic E-state index is 0.113. The van der Waals surface area contributed by atoms with E-state index in [1.807, 2.05) is 32.9 Å². The monoisotopic (exact) mass is 368 g/mol. The zero-order chi connectivity index (χ0) is 18.7. The van der Waals surface area contributed by atoms with Gasteiger partial charge in [-0.05, 0) is 45.7 Å². The lowest BCUT2D eigenvalue weighted by molar-refractivity contribution is 0.102. The number of nitrogens with zero attached hydrogens (tertiary/aromatic N) is 2. The number of benzene rings is 1. The van der Waals surface area contributed by atoms with Crippen molar-refractivity contribution < 1.29 is 9.21 Å². The topological polar surface area (TPSA) is 48.0 Å². The summed E-state index contributed by atoms with van der Waals surface area (Å²) in [5.74, 6) is 1.25. The molecule has 3 rings (SSSR count). The Morgan fingerprint density at radius 1 is 1.15 bits per heavy atom. The maximum atomic E-state index is 12.7. The number of hydrogen-bond acceptors (Lipinski definition) is 4. The molecule has 4 nitrogen and oxygen atoms in total. The van der Waals surface area contributed by atoms with E-state index in [9.17, 15) is 4.79 Å². The van der Waals surface area contributed by atoms with E-state index in [0.717, 1.165) is 41.4 Å². The van der Waals surface area contributed by atoms with Gasteiger partial charge in [0.2, 0.25) is 0 Å². The van der Waals surface area contributed by atoms with Crippen LogP contribution in [0.2, 0.25) is 0 Å². The highest BCUT2D eigenvalue weighted by Gasteiger charge is 2.17. The molecule has 2 heterocycles. The zero-order valence-electron chi connectivity index (χ0n) is 15.7. The Labute approximate surface area is 158 Å². The average Bonchev–Trinajstić information content (AvgIpc) is 3.10. The molecule has 0 N–H and O–H groups in total. The van der Waals surface area contributed by atoms with Crippen molar-refractivity contribution in [3.8, 4) is 0 Å². The van der Waals surface area contributed by atoms with E-state index in [2.05, 4.69) is 40.7 Å². The molecule has 0 aliphatic rings. The van der Waals surface area contributed by atoms with Crippen molar-refractivity contribution in [3.05, 3.63) is 70.4 Å². The van der Waals surface area contributed by atoms with E-state index < -0.39 is 0 Å². The number of Topliss-reactive ketones (excluding diaryl/α,β-unsaturated/α-hetero) is 1. The van der Waals surface area contributed by atoms with Crippen LogP contribution >= 0.6 is 11.8 Å². The summed E-state index contributed by atoms with van der Waals surface area (Å²) >= 11 is 1.36. The van der Waals surface area contributed by atoms with Crippen molar-refractivity contribution in [1.29, 1.82) is 0 Å². The molecule has 0 atom stereocenters. The van der Waals surface area contributed by atoms with Crippen LogP contribution in [-0.4, -0.2) is 21.1 Å². The third kappa shape index (κ3) is 4.10. The molecule has 0 aliphatic heterocycles. The Kier molecular flexibility index (Phi) is 5.67. The van der Waals surface area contributed by atoms with Crippen molar-refractivity contribution in [2.24, 2.45) is 0 Å². The van der Waals surface area contributed by atoms with Gasteiger partial charge in [0.05, 0.1) is 11.4 Å². The Balaban J connectivity index is 1.67. The first-order valence-electron chi connectivity index (χ1n) is 8.76. The van der Waals surface area contributed by atoms with Crippen LogP contribution in [0.3, 0.4) is 0 Å². The lowest BCUT2D eigenvalue weighted by atomic mass is 10.1. The van der Waals surface area contributed by atoms with Gasteiger partial charge in [-0.25, -0.2) is 4.98 Å². The summed E-state index contributed by atoms with van der Waals surface area (Å²) in [5.41, 5.74) is 5.12. The highest BCUT2D eigenvalue weighted by Crippen LogP contribution is 2.23. The number of hydrogen-bond donors (Lipinski definition) is 0. The summed E-state index contributed by atoms with van der Waals surface area (Å²) in [6, 6.07) is 12.4. The third-order valence-electron chi connectivity index (χ3n) is 4.68. The number of oxazole rings is 1. The Morgan fingerprint density at radius 2 is 1.88 bits per heavy atom. The van der Waals surface area contributed by atoms with Gasteiger partial charge in [-0.1, -0.05) is 42.1 Å². The molecule has 0 spiro atoms. The minimum absolute atomic E-state index is 0.113. The first kappa shape index (κ1) is 18.5. The Bertz CT molecular complexity index is 890. The molecule has 3 aromatic rings. The Morgan fingerprint density at radius 3 is 2.54 bits per heavy atom. The molecular weight excluding hydrogens is 344 g/mol. The van der Waals surface area contributed by atoms with E-state index in [-0.39, 0.29) is 5.78 Å². The summed E-state index contributed by atoms with van der Waals surface area (Å²) in [5, 5.41) is 0.561. The summed E-state index contributed by atoms with van der Waals surface area (Å²) in [6.45, 7) is 8.75. The number of carbonyl (C=O) groups excluding carboxylic acids is 1. The molecule has 0 fully saturated rings. The number of rotatable bonds is 7. The molecule has 0 radical (unpaired) electrons. The summed E-state index contributed by atoms with van der Waals surface area (Å²) < 4.78 is 7.77. The van der Waals surface area contributed by atoms with Gasteiger partial charge in [0.1, 0.15) is 5.76 Å². The highest BCUT2D eigenvalue weighted by atomic mass is 32.2. The molecule has 0 bridgehead atoms. The second kappa shape index (κ2) is 7.96. The zero-order valence-corrected chi connectivity index (χ0v) is 16.5. The number of aromatic nitrogens is 2. The van der Waals surface area contributed by atoms with E-state index in [1.165, 1.54) is 17.3 Å². The molecule has 0 unspecified atom stereocenters. The Hall–Kier alpha value is -2.27. The van der Waals surface area contributed by atoms with Gasteiger partial charge in [0.15, 0.2) is 5.78 Å². The van der Waals surface area contributed by atoms with Crippen LogP contribution in [-0.2, 0) is 13.0 Å². The molecule has 136 valence electrons. The van der Waals surface area contributed by atoms with Gasteiger partial charge in [0.25, 0.3) is 5.22 Å². The van der Waals surface area contributed by atoms with Crippen LogP contribution in [0.5, 0.6) is 0 Å². The van der Waals surface area contributed by atoms with E-state index in [1.54, 1.807) is 0 Å². The van der Waals surface area contributed by atoms with Crippen LogP contribution in [0, 0.1) is 27.7 Å². The molecule has 5 heteroatoms. The molecule has 0 amide bonds. The number of ketones is 1. The predicted molar refractivity (Wildman–Crippen MR) is 105 cm³/mol. The summed E-state index contributed by atoms with van der Waals surface area (Å²) in [7, 11) is 0.